The van der Waals surface area contributed by atoms with Gasteiger partial charge in [-0.2, -0.15) is 5.26 Å². The molecule has 2 rings (SSSR count). The Hall–Kier alpha value is -2.62. The van der Waals surface area contributed by atoms with E-state index in [4.69, 9.17) is 5.26 Å². The summed E-state index contributed by atoms with van der Waals surface area (Å²) < 4.78 is 4.68. The van der Waals surface area contributed by atoms with Crippen LogP contribution in [-0.4, -0.2) is 30.6 Å². The number of ether oxygens (including phenoxy) is 1. The van der Waals surface area contributed by atoms with E-state index in [1.807, 2.05) is 4.90 Å². The zero-order valence-electron chi connectivity index (χ0n) is 12.3. The topological polar surface area (TPSA) is 96.5 Å². The number of nitro benzene ring substituents is 1. The zero-order valence-corrected chi connectivity index (χ0v) is 12.3. The number of nitro groups is 1. The highest BCUT2D eigenvalue weighted by atomic mass is 16.6. The minimum atomic E-state index is -0.733. The first kappa shape index (κ1) is 15.8. The lowest BCUT2D eigenvalue weighted by atomic mass is 9.99. The summed E-state index contributed by atoms with van der Waals surface area (Å²) in [6, 6.07) is 5.99. The quantitative estimate of drug-likeness (QED) is 0.481. The van der Waals surface area contributed by atoms with E-state index in [0.29, 0.717) is 11.6 Å². The van der Waals surface area contributed by atoms with Crippen LogP contribution < -0.4 is 4.90 Å². The summed E-state index contributed by atoms with van der Waals surface area (Å²) >= 11 is 0. The van der Waals surface area contributed by atoms with Gasteiger partial charge in [0.15, 0.2) is 6.61 Å². The minimum Gasteiger partial charge on any atom is -0.447 e. The summed E-state index contributed by atoms with van der Waals surface area (Å²) in [5.41, 5.74) is 0.490. The van der Waals surface area contributed by atoms with Crippen LogP contribution in [0.4, 0.5) is 11.4 Å². The maximum Gasteiger partial charge on any atom is 0.339 e. The van der Waals surface area contributed by atoms with Gasteiger partial charge in [-0.05, 0) is 30.9 Å². The highest BCUT2D eigenvalue weighted by Gasteiger charge is 2.25. The molecule has 0 N–H and O–H groups in total. The molecule has 1 aromatic rings. The van der Waals surface area contributed by atoms with Crippen LogP contribution in [0.5, 0.6) is 0 Å². The van der Waals surface area contributed by atoms with Crippen molar-refractivity contribution in [2.45, 2.75) is 19.8 Å². The van der Waals surface area contributed by atoms with E-state index < -0.39 is 10.9 Å². The first-order valence-corrected chi connectivity index (χ1v) is 7.10. The number of nitrogens with zero attached hydrogens (tertiary/aromatic N) is 3. The molecule has 116 valence electrons. The molecule has 7 nitrogen and oxygen atoms in total. The molecule has 0 aliphatic carbocycles. The number of rotatable bonds is 4. The van der Waals surface area contributed by atoms with Crippen LogP contribution in [0.3, 0.4) is 0 Å². The number of anilines is 1. The lowest BCUT2D eigenvalue weighted by molar-refractivity contribution is -0.384. The van der Waals surface area contributed by atoms with E-state index in [9.17, 15) is 14.9 Å². The Morgan fingerprint density at radius 3 is 3.00 bits per heavy atom. The van der Waals surface area contributed by atoms with Gasteiger partial charge >= 0.3 is 5.97 Å². The van der Waals surface area contributed by atoms with Crippen molar-refractivity contribution in [3.8, 4) is 6.07 Å². The van der Waals surface area contributed by atoms with E-state index in [0.717, 1.165) is 25.9 Å². The summed E-state index contributed by atoms with van der Waals surface area (Å²) in [5, 5.41) is 19.7. The third-order valence-electron chi connectivity index (χ3n) is 3.67. The molecule has 1 aliphatic rings. The van der Waals surface area contributed by atoms with Crippen molar-refractivity contribution < 1.29 is 14.5 Å². The number of carbonyl (C=O) groups is 1. The van der Waals surface area contributed by atoms with Gasteiger partial charge in [0, 0.05) is 19.2 Å². The van der Waals surface area contributed by atoms with E-state index in [-0.39, 0.29) is 17.9 Å². The molecule has 1 aromatic carbocycles. The Balaban J connectivity index is 2.29. The fourth-order valence-corrected chi connectivity index (χ4v) is 2.65. The largest absolute Gasteiger partial charge is 0.447 e. The summed E-state index contributed by atoms with van der Waals surface area (Å²) in [6.45, 7) is 3.27. The molecule has 0 radical (unpaired) electrons. The lowest BCUT2D eigenvalue weighted by Crippen LogP contribution is -2.34. The normalized spacial score (nSPS) is 17.6. The summed E-state index contributed by atoms with van der Waals surface area (Å²) in [6.07, 6.45) is 2.10. The average Bonchev–Trinajstić information content (AvgIpc) is 2.52. The van der Waals surface area contributed by atoms with Crippen molar-refractivity contribution in [1.82, 2.24) is 0 Å². The van der Waals surface area contributed by atoms with Crippen molar-refractivity contribution in [3.05, 3.63) is 33.9 Å². The molecule has 1 fully saturated rings. The average molecular weight is 303 g/mol. The monoisotopic (exact) mass is 303 g/mol. The third kappa shape index (κ3) is 3.52. The van der Waals surface area contributed by atoms with Gasteiger partial charge < -0.3 is 9.64 Å². The van der Waals surface area contributed by atoms with Gasteiger partial charge in [-0.3, -0.25) is 10.1 Å². The molecule has 22 heavy (non-hydrogen) atoms. The van der Waals surface area contributed by atoms with Crippen LogP contribution in [0, 0.1) is 27.4 Å². The predicted octanol–water partition coefficient (Wildman–Crippen LogP) is 2.51. The molecule has 0 spiro atoms. The van der Waals surface area contributed by atoms with Crippen molar-refractivity contribution in [2.24, 2.45) is 5.92 Å². The molecule has 1 unspecified atom stereocenters. The first-order chi connectivity index (χ1) is 10.5. The third-order valence-corrected chi connectivity index (χ3v) is 3.67. The second-order valence-electron chi connectivity index (χ2n) is 5.39. The molecular weight excluding hydrogens is 286 g/mol. The number of carbonyl (C=O) groups excluding carboxylic acids is 1. The van der Waals surface area contributed by atoms with Gasteiger partial charge in [0.1, 0.15) is 11.8 Å². The van der Waals surface area contributed by atoms with Gasteiger partial charge in [-0.15, -0.1) is 0 Å². The minimum absolute atomic E-state index is 0.0794. The molecule has 1 saturated heterocycles. The van der Waals surface area contributed by atoms with Crippen molar-refractivity contribution >= 4 is 17.3 Å². The maximum absolute atomic E-state index is 11.7. The van der Waals surface area contributed by atoms with Crippen LogP contribution in [0.1, 0.15) is 30.1 Å². The van der Waals surface area contributed by atoms with Crippen molar-refractivity contribution in [1.29, 1.82) is 5.26 Å². The Bertz CT molecular complexity index is 624. The van der Waals surface area contributed by atoms with Crippen LogP contribution in [0.15, 0.2) is 18.2 Å². The maximum atomic E-state index is 11.7. The molecule has 0 saturated carbocycles. The van der Waals surface area contributed by atoms with E-state index in [1.54, 1.807) is 12.1 Å². The Kier molecular flexibility index (Phi) is 4.94. The first-order valence-electron chi connectivity index (χ1n) is 7.10. The second-order valence-corrected chi connectivity index (χ2v) is 5.39. The van der Waals surface area contributed by atoms with Gasteiger partial charge in [-0.25, -0.2) is 4.79 Å². The number of nitriles is 1. The number of hydrogen-bond acceptors (Lipinski definition) is 6. The Morgan fingerprint density at radius 1 is 1.59 bits per heavy atom. The van der Waals surface area contributed by atoms with E-state index >= 15 is 0 Å². The number of piperidine rings is 1. The molecular formula is C15H17N3O4. The Morgan fingerprint density at radius 2 is 2.36 bits per heavy atom. The highest BCUT2D eigenvalue weighted by molar-refractivity contribution is 5.91. The summed E-state index contributed by atoms with van der Waals surface area (Å²) in [7, 11) is 0. The standard InChI is InChI=1S/C15H17N3O4/c1-11-3-2-7-17(10-11)13-5-4-12(9-14(13)18(20)21)15(19)22-8-6-16/h4-5,9,11H,2-3,7-8,10H2,1H3. The molecule has 0 bridgehead atoms. The number of hydrogen-bond donors (Lipinski definition) is 0. The van der Waals surface area contributed by atoms with Gasteiger partial charge in [0.05, 0.1) is 10.5 Å². The fourth-order valence-electron chi connectivity index (χ4n) is 2.65. The van der Waals surface area contributed by atoms with Crippen molar-refractivity contribution in [3.63, 3.8) is 0 Å². The lowest BCUT2D eigenvalue weighted by Gasteiger charge is -2.32. The molecule has 7 heteroatoms. The highest BCUT2D eigenvalue weighted by Crippen LogP contribution is 2.32. The van der Waals surface area contributed by atoms with Gasteiger partial charge in [0.2, 0.25) is 0 Å². The van der Waals surface area contributed by atoms with Crippen molar-refractivity contribution in [2.75, 3.05) is 24.6 Å². The smallest absolute Gasteiger partial charge is 0.339 e. The SMILES string of the molecule is CC1CCCN(c2ccc(C(=O)OCC#N)cc2[N+](=O)[O-])C1. The van der Waals surface area contributed by atoms with Gasteiger partial charge in [-0.1, -0.05) is 6.92 Å². The fraction of sp³-hybridized carbons (Fsp3) is 0.467. The summed E-state index contributed by atoms with van der Waals surface area (Å²) in [4.78, 5) is 24.5. The van der Waals surface area contributed by atoms with Crippen LogP contribution in [0.25, 0.3) is 0 Å². The zero-order chi connectivity index (χ0) is 16.1. The van der Waals surface area contributed by atoms with E-state index in [1.165, 1.54) is 12.1 Å². The molecule has 1 atom stereocenters. The predicted molar refractivity (Wildman–Crippen MR) is 79.6 cm³/mol. The Labute approximate surface area is 128 Å². The molecule has 1 heterocycles. The van der Waals surface area contributed by atoms with Gasteiger partial charge in [0.25, 0.3) is 5.69 Å². The van der Waals surface area contributed by atoms with Crippen LogP contribution >= 0.6 is 0 Å². The van der Waals surface area contributed by atoms with E-state index in [2.05, 4.69) is 11.7 Å². The molecule has 0 aromatic heterocycles. The number of benzene rings is 1. The summed E-state index contributed by atoms with van der Waals surface area (Å²) in [5.74, 6) is -0.253. The van der Waals surface area contributed by atoms with Crippen LogP contribution in [-0.2, 0) is 4.74 Å². The second kappa shape index (κ2) is 6.89. The molecule has 0 amide bonds. The number of esters is 1. The van der Waals surface area contributed by atoms with Crippen LogP contribution in [0.2, 0.25) is 0 Å². The molecule has 1 aliphatic heterocycles.